The van der Waals surface area contributed by atoms with Gasteiger partial charge in [-0.05, 0) is 37.4 Å². The maximum Gasteiger partial charge on any atom is 0.207 e. The number of hydrogen-bond acceptors (Lipinski definition) is 5. The fraction of sp³-hybridized carbons (Fsp3) is 0.778. The Morgan fingerprint density at radius 2 is 2.33 bits per heavy atom. The van der Waals surface area contributed by atoms with Gasteiger partial charge in [-0.25, -0.2) is 0 Å². The maximum atomic E-state index is 5.77. The van der Waals surface area contributed by atoms with E-state index in [0.717, 1.165) is 17.5 Å². The molecule has 1 saturated carbocycles. The van der Waals surface area contributed by atoms with Crippen LogP contribution in [0, 0.1) is 5.92 Å². The van der Waals surface area contributed by atoms with E-state index in [1.54, 1.807) is 0 Å². The Bertz CT molecular complexity index is 326. The van der Waals surface area contributed by atoms with Crippen LogP contribution in [0.2, 0.25) is 4.47 Å². The zero-order valence-electron chi connectivity index (χ0n) is 8.69. The predicted octanol–water partition coefficient (Wildman–Crippen LogP) is 1.36. The summed E-state index contributed by atoms with van der Waals surface area (Å²) in [4.78, 5) is 2.26. The van der Waals surface area contributed by atoms with Crippen molar-refractivity contribution in [3.05, 3.63) is 9.47 Å². The first-order valence-corrected chi connectivity index (χ1v) is 6.28. The number of likely N-dealkylation sites (N-methyl/N-ethyl adjacent to an activating group) is 1. The largest absolute Gasteiger partial charge is 0.329 e. The molecule has 6 heteroatoms. The van der Waals surface area contributed by atoms with Crippen LogP contribution in [0.15, 0.2) is 0 Å². The summed E-state index contributed by atoms with van der Waals surface area (Å²) in [5, 5.41) is 8.76. The monoisotopic (exact) mass is 246 g/mol. The molecule has 1 aliphatic carbocycles. The summed E-state index contributed by atoms with van der Waals surface area (Å²) in [6.07, 6.45) is 2.62. The summed E-state index contributed by atoms with van der Waals surface area (Å²) in [7, 11) is 2.09. The van der Waals surface area contributed by atoms with Crippen molar-refractivity contribution in [3.8, 4) is 0 Å². The van der Waals surface area contributed by atoms with E-state index in [-0.39, 0.29) is 0 Å². The van der Waals surface area contributed by atoms with Crippen molar-refractivity contribution < 1.29 is 0 Å². The molecule has 0 spiro atoms. The normalized spacial score (nSPS) is 18.4. The minimum atomic E-state index is 0.479. The van der Waals surface area contributed by atoms with E-state index in [9.17, 15) is 0 Å². The summed E-state index contributed by atoms with van der Waals surface area (Å²) in [5.74, 6) is 0.781. The first-order valence-electron chi connectivity index (χ1n) is 5.09. The average Bonchev–Trinajstić information content (AvgIpc) is 2.93. The van der Waals surface area contributed by atoms with E-state index in [0.29, 0.717) is 17.1 Å². The van der Waals surface area contributed by atoms with Crippen LogP contribution in [0.4, 0.5) is 0 Å². The van der Waals surface area contributed by atoms with E-state index in [4.69, 9.17) is 17.3 Å². The highest BCUT2D eigenvalue weighted by atomic mass is 35.5. The third kappa shape index (κ3) is 2.87. The molecule has 0 amide bonds. The maximum absolute atomic E-state index is 5.77. The molecule has 1 unspecified atom stereocenters. The molecule has 0 aliphatic heterocycles. The third-order valence-electron chi connectivity index (χ3n) is 2.80. The van der Waals surface area contributed by atoms with Crippen molar-refractivity contribution in [3.63, 3.8) is 0 Å². The number of rotatable bonds is 5. The van der Waals surface area contributed by atoms with Crippen LogP contribution in [-0.2, 0) is 6.54 Å². The van der Waals surface area contributed by atoms with E-state index >= 15 is 0 Å². The van der Waals surface area contributed by atoms with Gasteiger partial charge in [0.25, 0.3) is 0 Å². The number of hydrogen-bond donors (Lipinski definition) is 1. The van der Waals surface area contributed by atoms with E-state index in [1.165, 1.54) is 24.2 Å². The molecule has 2 N–H and O–H groups in total. The van der Waals surface area contributed by atoms with Crippen LogP contribution in [-0.4, -0.2) is 34.7 Å². The molecular formula is C9H15ClN4S. The zero-order chi connectivity index (χ0) is 10.8. The van der Waals surface area contributed by atoms with Crippen LogP contribution in [0.3, 0.4) is 0 Å². The molecule has 1 aromatic rings. The van der Waals surface area contributed by atoms with Gasteiger partial charge < -0.3 is 5.73 Å². The summed E-state index contributed by atoms with van der Waals surface area (Å²) in [5.41, 5.74) is 5.77. The smallest absolute Gasteiger partial charge is 0.207 e. The van der Waals surface area contributed by atoms with Crippen molar-refractivity contribution >= 4 is 22.9 Å². The van der Waals surface area contributed by atoms with Gasteiger partial charge in [-0.3, -0.25) is 4.90 Å². The Morgan fingerprint density at radius 1 is 1.60 bits per heavy atom. The molecule has 0 bridgehead atoms. The first-order chi connectivity index (χ1) is 7.20. The van der Waals surface area contributed by atoms with Gasteiger partial charge in [-0.2, -0.15) is 0 Å². The lowest BCUT2D eigenvalue weighted by Gasteiger charge is -2.25. The Hall–Kier alpha value is -0.230. The van der Waals surface area contributed by atoms with Gasteiger partial charge in [0.1, 0.15) is 5.01 Å². The molecule has 2 rings (SSSR count). The minimum Gasteiger partial charge on any atom is -0.329 e. The molecule has 1 aliphatic rings. The molecule has 1 fully saturated rings. The third-order valence-corrected chi connectivity index (χ3v) is 3.80. The molecule has 15 heavy (non-hydrogen) atoms. The number of nitrogens with two attached hydrogens (primary N) is 1. The van der Waals surface area contributed by atoms with Crippen LogP contribution >= 0.6 is 22.9 Å². The number of halogens is 1. The molecule has 0 radical (unpaired) electrons. The molecule has 0 aromatic carbocycles. The summed E-state index contributed by atoms with van der Waals surface area (Å²) >= 11 is 7.17. The Morgan fingerprint density at radius 3 is 2.80 bits per heavy atom. The highest BCUT2D eigenvalue weighted by Gasteiger charge is 2.32. The molecule has 1 aromatic heterocycles. The predicted molar refractivity (Wildman–Crippen MR) is 62.0 cm³/mol. The Labute approximate surface area is 98.4 Å². The van der Waals surface area contributed by atoms with E-state index < -0.39 is 0 Å². The Balaban J connectivity index is 1.92. The topological polar surface area (TPSA) is 55.0 Å². The van der Waals surface area contributed by atoms with Crippen molar-refractivity contribution in [1.29, 1.82) is 0 Å². The zero-order valence-corrected chi connectivity index (χ0v) is 10.3. The van der Waals surface area contributed by atoms with Gasteiger partial charge >= 0.3 is 0 Å². The van der Waals surface area contributed by atoms with E-state index in [1.807, 2.05) is 0 Å². The minimum absolute atomic E-state index is 0.479. The van der Waals surface area contributed by atoms with Crippen LogP contribution in [0.25, 0.3) is 0 Å². The highest BCUT2D eigenvalue weighted by molar-refractivity contribution is 7.15. The lowest BCUT2D eigenvalue weighted by molar-refractivity contribution is 0.215. The second-order valence-electron chi connectivity index (χ2n) is 4.00. The van der Waals surface area contributed by atoms with Crippen molar-refractivity contribution in [2.24, 2.45) is 11.7 Å². The van der Waals surface area contributed by atoms with E-state index in [2.05, 4.69) is 22.1 Å². The lowest BCUT2D eigenvalue weighted by Crippen LogP contribution is -2.39. The molecule has 1 atom stereocenters. The molecular weight excluding hydrogens is 232 g/mol. The molecule has 84 valence electrons. The Kier molecular flexibility index (Phi) is 3.56. The standard InChI is InChI=1S/C9H15ClN4S/c1-14(7(4-11)6-2-3-6)5-8-12-13-9(10)15-8/h6-7H,2-5,11H2,1H3. The van der Waals surface area contributed by atoms with Crippen LogP contribution < -0.4 is 5.73 Å². The SMILES string of the molecule is CN(Cc1nnc(Cl)s1)C(CN)C1CC1. The van der Waals surface area contributed by atoms with Crippen LogP contribution in [0.5, 0.6) is 0 Å². The van der Waals surface area contributed by atoms with Crippen molar-refractivity contribution in [2.75, 3.05) is 13.6 Å². The molecule has 0 saturated heterocycles. The lowest BCUT2D eigenvalue weighted by atomic mass is 10.1. The molecule has 4 nitrogen and oxygen atoms in total. The average molecular weight is 247 g/mol. The van der Waals surface area contributed by atoms with Crippen LogP contribution in [0.1, 0.15) is 17.8 Å². The molecule has 1 heterocycles. The first kappa shape index (κ1) is 11.3. The highest BCUT2D eigenvalue weighted by Crippen LogP contribution is 2.35. The number of aromatic nitrogens is 2. The van der Waals surface area contributed by atoms with Gasteiger partial charge in [0.15, 0.2) is 0 Å². The summed E-state index contributed by atoms with van der Waals surface area (Å²) in [6, 6.07) is 0.479. The second-order valence-corrected chi connectivity index (χ2v) is 5.65. The summed E-state index contributed by atoms with van der Waals surface area (Å²) < 4.78 is 0.508. The summed E-state index contributed by atoms with van der Waals surface area (Å²) in [6.45, 7) is 1.51. The van der Waals surface area contributed by atoms with Crippen molar-refractivity contribution in [2.45, 2.75) is 25.4 Å². The quantitative estimate of drug-likeness (QED) is 0.853. The fourth-order valence-electron chi connectivity index (χ4n) is 1.84. The number of nitrogens with zero attached hydrogens (tertiary/aromatic N) is 3. The second kappa shape index (κ2) is 4.74. The van der Waals surface area contributed by atoms with Crippen molar-refractivity contribution in [1.82, 2.24) is 15.1 Å². The van der Waals surface area contributed by atoms with Gasteiger partial charge in [0, 0.05) is 12.6 Å². The van der Waals surface area contributed by atoms with Gasteiger partial charge in [-0.1, -0.05) is 11.3 Å². The van der Waals surface area contributed by atoms with Gasteiger partial charge in [0.2, 0.25) is 4.47 Å². The van der Waals surface area contributed by atoms with Gasteiger partial charge in [-0.15, -0.1) is 10.2 Å². The van der Waals surface area contributed by atoms with Gasteiger partial charge in [0.05, 0.1) is 6.54 Å². The fourth-order valence-corrected chi connectivity index (χ4v) is 2.77.